The number of nitrogens with zero attached hydrogens (tertiary/aromatic N) is 3. The first kappa shape index (κ1) is 19.2. The molecule has 0 aliphatic carbocycles. The highest BCUT2D eigenvalue weighted by atomic mass is 35.5. The predicted octanol–water partition coefficient (Wildman–Crippen LogP) is 4.76. The van der Waals surface area contributed by atoms with Crippen molar-refractivity contribution in [3.8, 4) is 10.7 Å². The highest BCUT2D eigenvalue weighted by molar-refractivity contribution is 7.13. The van der Waals surface area contributed by atoms with Crippen molar-refractivity contribution in [2.24, 2.45) is 0 Å². The van der Waals surface area contributed by atoms with Crippen LogP contribution in [-0.4, -0.2) is 20.9 Å². The van der Waals surface area contributed by atoms with Gasteiger partial charge in [-0.2, -0.15) is 13.2 Å². The summed E-state index contributed by atoms with van der Waals surface area (Å²) >= 11 is 7.10. The molecule has 1 N–H and O–H groups in total. The van der Waals surface area contributed by atoms with E-state index in [1.165, 1.54) is 29.8 Å². The number of hydrogen-bond acceptors (Lipinski definition) is 5. The van der Waals surface area contributed by atoms with Crippen LogP contribution in [-0.2, 0) is 6.18 Å². The van der Waals surface area contributed by atoms with Crippen molar-refractivity contribution in [2.75, 3.05) is 0 Å². The molecular formula is C17H12ClF3N4OS. The minimum Gasteiger partial charge on any atom is -0.344 e. The lowest BCUT2D eigenvalue weighted by atomic mass is 10.1. The molecule has 140 valence electrons. The molecule has 3 rings (SSSR count). The van der Waals surface area contributed by atoms with E-state index in [0.717, 1.165) is 12.1 Å². The summed E-state index contributed by atoms with van der Waals surface area (Å²) < 4.78 is 38.8. The number of carbonyl (C=O) groups excluding carboxylic acids is 1. The van der Waals surface area contributed by atoms with Gasteiger partial charge >= 0.3 is 6.18 Å². The molecule has 0 saturated carbocycles. The third kappa shape index (κ3) is 4.42. The highest BCUT2D eigenvalue weighted by Gasteiger charge is 2.32. The molecule has 1 amide bonds. The van der Waals surface area contributed by atoms with E-state index in [1.807, 2.05) is 0 Å². The molecule has 10 heteroatoms. The van der Waals surface area contributed by atoms with Crippen LogP contribution in [0.25, 0.3) is 10.7 Å². The average molecular weight is 413 g/mol. The zero-order chi connectivity index (χ0) is 19.6. The number of aromatic nitrogens is 3. The predicted molar refractivity (Wildman–Crippen MR) is 95.5 cm³/mol. The lowest BCUT2D eigenvalue weighted by Gasteiger charge is -2.16. The van der Waals surface area contributed by atoms with Crippen molar-refractivity contribution in [1.82, 2.24) is 20.3 Å². The number of amides is 1. The monoisotopic (exact) mass is 412 g/mol. The van der Waals surface area contributed by atoms with Gasteiger partial charge in [-0.15, -0.1) is 11.3 Å². The summed E-state index contributed by atoms with van der Waals surface area (Å²) in [4.78, 5) is 25.1. The Morgan fingerprint density at radius 1 is 1.15 bits per heavy atom. The minimum atomic E-state index is -4.60. The molecule has 0 fully saturated rings. The van der Waals surface area contributed by atoms with Gasteiger partial charge in [-0.3, -0.25) is 14.8 Å². The zero-order valence-corrected chi connectivity index (χ0v) is 15.4. The van der Waals surface area contributed by atoms with Crippen molar-refractivity contribution < 1.29 is 18.0 Å². The van der Waals surface area contributed by atoms with Crippen LogP contribution >= 0.6 is 22.9 Å². The third-order valence-corrected chi connectivity index (χ3v) is 4.60. The molecule has 0 aliphatic heterocycles. The van der Waals surface area contributed by atoms with E-state index >= 15 is 0 Å². The summed E-state index contributed by atoms with van der Waals surface area (Å²) in [6.07, 6.45) is -0.0155. The summed E-state index contributed by atoms with van der Waals surface area (Å²) in [5.41, 5.74) is -0.224. The molecule has 0 spiro atoms. The number of benzene rings is 1. The van der Waals surface area contributed by atoms with Crippen LogP contribution in [0.5, 0.6) is 0 Å². The molecule has 2 heterocycles. The van der Waals surface area contributed by atoms with E-state index in [4.69, 9.17) is 11.6 Å². The Bertz CT molecular complexity index is 963. The van der Waals surface area contributed by atoms with Crippen LogP contribution < -0.4 is 5.32 Å². The fourth-order valence-electron chi connectivity index (χ4n) is 2.40. The lowest BCUT2D eigenvalue weighted by molar-refractivity contribution is -0.137. The summed E-state index contributed by atoms with van der Waals surface area (Å²) in [7, 11) is 0. The largest absolute Gasteiger partial charge is 0.416 e. The van der Waals surface area contributed by atoms with Crippen molar-refractivity contribution in [2.45, 2.75) is 19.1 Å². The lowest BCUT2D eigenvalue weighted by Crippen LogP contribution is -2.28. The SMILES string of the molecule is C[C@@H](NC(=O)c1cc(Cl)cc(C(F)(F)F)c1)c1nccnc1-c1nccs1. The molecule has 3 aromatic rings. The molecule has 0 saturated heterocycles. The fourth-order valence-corrected chi connectivity index (χ4v) is 3.28. The summed E-state index contributed by atoms with van der Waals surface area (Å²) in [6.45, 7) is 1.66. The van der Waals surface area contributed by atoms with E-state index in [9.17, 15) is 18.0 Å². The van der Waals surface area contributed by atoms with E-state index < -0.39 is 23.7 Å². The molecule has 1 aromatic carbocycles. The van der Waals surface area contributed by atoms with Gasteiger partial charge in [0, 0.05) is 34.6 Å². The molecule has 0 aliphatic rings. The first-order chi connectivity index (χ1) is 12.8. The van der Waals surface area contributed by atoms with Gasteiger partial charge in [0.2, 0.25) is 0 Å². The van der Waals surface area contributed by atoms with Gasteiger partial charge in [-0.1, -0.05) is 11.6 Å². The van der Waals surface area contributed by atoms with Crippen LogP contribution in [0.4, 0.5) is 13.2 Å². The number of halogens is 4. The molecule has 0 unspecified atom stereocenters. The van der Waals surface area contributed by atoms with Crippen molar-refractivity contribution >= 4 is 28.8 Å². The fraction of sp³-hybridized carbons (Fsp3) is 0.176. The second-order valence-electron chi connectivity index (χ2n) is 5.55. The molecular weight excluding hydrogens is 401 g/mol. The molecule has 0 bridgehead atoms. The Labute approximate surface area is 161 Å². The van der Waals surface area contributed by atoms with Crippen LogP contribution in [0.3, 0.4) is 0 Å². The number of rotatable bonds is 4. The van der Waals surface area contributed by atoms with Gasteiger partial charge in [-0.05, 0) is 25.1 Å². The van der Waals surface area contributed by atoms with E-state index in [2.05, 4.69) is 20.3 Å². The van der Waals surface area contributed by atoms with Gasteiger partial charge in [0.25, 0.3) is 5.91 Å². The van der Waals surface area contributed by atoms with E-state index in [1.54, 1.807) is 18.5 Å². The molecule has 27 heavy (non-hydrogen) atoms. The Kier molecular flexibility index (Phi) is 5.43. The average Bonchev–Trinajstić information content (AvgIpc) is 3.15. The van der Waals surface area contributed by atoms with E-state index in [-0.39, 0.29) is 10.6 Å². The first-order valence-corrected chi connectivity index (χ1v) is 8.91. The van der Waals surface area contributed by atoms with Crippen LogP contribution in [0, 0.1) is 0 Å². The topological polar surface area (TPSA) is 67.8 Å². The molecule has 1 atom stereocenters. The minimum absolute atomic E-state index is 0.175. The van der Waals surface area contributed by atoms with Crippen LogP contribution in [0.2, 0.25) is 5.02 Å². The second kappa shape index (κ2) is 7.61. The molecule has 2 aromatic heterocycles. The number of carbonyl (C=O) groups is 1. The second-order valence-corrected chi connectivity index (χ2v) is 6.88. The maximum Gasteiger partial charge on any atom is 0.416 e. The highest BCUT2D eigenvalue weighted by Crippen LogP contribution is 2.32. The molecule has 5 nitrogen and oxygen atoms in total. The Hall–Kier alpha value is -2.52. The van der Waals surface area contributed by atoms with Crippen LogP contribution in [0.1, 0.15) is 34.6 Å². The number of nitrogens with one attached hydrogen (secondary N) is 1. The van der Waals surface area contributed by atoms with Gasteiger partial charge < -0.3 is 5.32 Å². The van der Waals surface area contributed by atoms with Crippen molar-refractivity contribution in [3.05, 3.63) is 64.0 Å². The van der Waals surface area contributed by atoms with Gasteiger partial charge in [-0.25, -0.2) is 4.98 Å². The summed E-state index contributed by atoms with van der Waals surface area (Å²) in [5, 5.41) is 4.86. The number of alkyl halides is 3. The smallest absolute Gasteiger partial charge is 0.344 e. The zero-order valence-electron chi connectivity index (χ0n) is 13.8. The van der Waals surface area contributed by atoms with Crippen molar-refractivity contribution in [1.29, 1.82) is 0 Å². The third-order valence-electron chi connectivity index (χ3n) is 3.61. The number of thiazole rings is 1. The Morgan fingerprint density at radius 3 is 2.56 bits per heavy atom. The summed E-state index contributed by atoms with van der Waals surface area (Å²) in [5.74, 6) is -0.703. The van der Waals surface area contributed by atoms with Gasteiger partial charge in [0.15, 0.2) is 0 Å². The normalized spacial score (nSPS) is 12.6. The summed E-state index contributed by atoms with van der Waals surface area (Å²) in [6, 6.07) is 2.09. The van der Waals surface area contributed by atoms with Gasteiger partial charge in [0.05, 0.1) is 17.3 Å². The molecule has 0 radical (unpaired) electrons. The quantitative estimate of drug-likeness (QED) is 0.670. The maximum absolute atomic E-state index is 12.9. The Balaban J connectivity index is 1.87. The van der Waals surface area contributed by atoms with Crippen molar-refractivity contribution in [3.63, 3.8) is 0 Å². The van der Waals surface area contributed by atoms with Crippen LogP contribution in [0.15, 0.2) is 42.2 Å². The standard InChI is InChI=1S/C17H12ClF3N4OS/c1-9(13-14(23-3-2-22-13)16-24-4-5-27-16)25-15(26)10-6-11(17(19,20)21)8-12(18)7-10/h2-9H,1H3,(H,25,26)/t9-/m1/s1. The van der Waals surface area contributed by atoms with Gasteiger partial charge in [0.1, 0.15) is 10.7 Å². The number of hydrogen-bond donors (Lipinski definition) is 1. The maximum atomic E-state index is 12.9. The first-order valence-electron chi connectivity index (χ1n) is 7.65. The Morgan fingerprint density at radius 2 is 1.89 bits per heavy atom. The van der Waals surface area contributed by atoms with E-state index in [0.29, 0.717) is 16.4 Å².